The smallest absolute Gasteiger partial charge is 0.410 e. The van der Waals surface area contributed by atoms with E-state index in [0.717, 1.165) is 51.6 Å². The number of ether oxygens (including phenoxy) is 2. The molecule has 4 aliphatic heterocycles. The molecule has 1 N–H and O–H groups in total. The molecule has 5 atom stereocenters. The number of anilines is 1. The molecule has 5 heterocycles. The van der Waals surface area contributed by atoms with Gasteiger partial charge in [-0.3, -0.25) is 14.6 Å². The van der Waals surface area contributed by atoms with E-state index >= 15 is 4.39 Å². The van der Waals surface area contributed by atoms with Crippen molar-refractivity contribution >= 4 is 62.2 Å². The molecule has 2 amide bonds. The summed E-state index contributed by atoms with van der Waals surface area (Å²) in [6, 6.07) is 0.721. The Morgan fingerprint density at radius 1 is 1.08 bits per heavy atom. The number of likely N-dealkylation sites (tertiary alicyclic amines) is 2. The summed E-state index contributed by atoms with van der Waals surface area (Å²) in [6.45, 7) is 14.2. The van der Waals surface area contributed by atoms with Crippen LogP contribution in [0.25, 0.3) is 10.9 Å². The van der Waals surface area contributed by atoms with Crippen molar-refractivity contribution in [3.8, 4) is 6.01 Å². The number of carbonyl (C=O) groups excluding carboxylic acids is 2. The Balaban J connectivity index is 1.15. The van der Waals surface area contributed by atoms with Gasteiger partial charge in [0.1, 0.15) is 29.6 Å². The van der Waals surface area contributed by atoms with Gasteiger partial charge in [0.25, 0.3) is 0 Å². The number of hydrogen-bond acceptors (Lipinski definition) is 9. The summed E-state index contributed by atoms with van der Waals surface area (Å²) in [7, 11) is 0. The first-order valence-corrected chi connectivity index (χ1v) is 19.6. The number of rotatable bonds is 10. The van der Waals surface area contributed by atoms with Gasteiger partial charge >= 0.3 is 18.1 Å². The summed E-state index contributed by atoms with van der Waals surface area (Å²) >= 11 is 9.70. The normalized spacial score (nSPS) is 24.6. The summed E-state index contributed by atoms with van der Waals surface area (Å²) in [5.41, 5.74) is -1.08. The lowest BCUT2D eigenvalue weighted by atomic mass is 9.85. The van der Waals surface area contributed by atoms with E-state index in [1.165, 1.54) is 0 Å². The zero-order valence-corrected chi connectivity index (χ0v) is 33.3. The average Bonchev–Trinajstić information content (AvgIpc) is 3.72. The molecule has 2 aromatic rings. The summed E-state index contributed by atoms with van der Waals surface area (Å²) in [5, 5.41) is 10.7. The lowest BCUT2D eigenvalue weighted by molar-refractivity contribution is -0.155. The number of aromatic nitrogens is 2. The van der Waals surface area contributed by atoms with Crippen LogP contribution < -0.4 is 9.64 Å². The quantitative estimate of drug-likeness (QED) is 0.254. The molecule has 1 aromatic heterocycles. The highest BCUT2D eigenvalue weighted by atomic mass is 79.9. The zero-order chi connectivity index (χ0) is 37.7. The SMILES string of the molecule is CC(C)(C)OC(=O)N1C2CCC1CN(c1nc(OC[C@@H]3CCCN3CCC[C@H]3CCC(=O)N3[C@H](C(=O)O)C(C)(C)C)nc3c(F)c(Br)c(Cl)cc13)C2. The van der Waals surface area contributed by atoms with Crippen molar-refractivity contribution in [3.05, 3.63) is 21.4 Å². The number of piperazine rings is 1. The molecular weight excluding hydrogens is 759 g/mol. The highest BCUT2D eigenvalue weighted by Crippen LogP contribution is 2.40. The molecule has 52 heavy (non-hydrogen) atoms. The Bertz CT molecular complexity index is 1690. The van der Waals surface area contributed by atoms with Crippen molar-refractivity contribution in [2.45, 2.75) is 129 Å². The molecule has 286 valence electrons. The molecular formula is C37H51BrClFN6O6. The van der Waals surface area contributed by atoms with Crippen molar-refractivity contribution in [2.75, 3.05) is 37.7 Å². The van der Waals surface area contributed by atoms with Gasteiger partial charge < -0.3 is 24.4 Å². The molecule has 0 radical (unpaired) electrons. The third-order valence-corrected chi connectivity index (χ3v) is 12.1. The van der Waals surface area contributed by atoms with Crippen LogP contribution in [-0.2, 0) is 14.3 Å². The number of benzene rings is 1. The standard InChI is InChI=1S/C37H51BrClFN6O6/c1-36(2,3)31(33(48)49)46-21(13-14-27(46)47)9-7-15-43-16-8-10-24(43)20-51-34-41-30-25(17-26(39)28(38)29(30)40)32(42-34)44-18-22-11-12-23(19-44)45(22)35(50)52-37(4,5)6/h17,21-24,31H,7-16,18-20H2,1-6H3,(H,48,49)/t21-,22?,23?,24-,31+/m0/s1. The van der Waals surface area contributed by atoms with Gasteiger partial charge in [-0.1, -0.05) is 32.4 Å². The molecule has 15 heteroatoms. The van der Waals surface area contributed by atoms with Gasteiger partial charge in [0, 0.05) is 37.0 Å². The fraction of sp³-hybridized carbons (Fsp3) is 0.703. The molecule has 4 aliphatic rings. The number of carbonyl (C=O) groups is 3. The second kappa shape index (κ2) is 15.0. The number of carboxylic acids is 1. The van der Waals surface area contributed by atoms with Gasteiger partial charge in [0.15, 0.2) is 5.82 Å². The van der Waals surface area contributed by atoms with Crippen LogP contribution in [0.2, 0.25) is 5.02 Å². The Morgan fingerprint density at radius 3 is 2.40 bits per heavy atom. The Hall–Kier alpha value is -2.97. The highest BCUT2D eigenvalue weighted by Gasteiger charge is 2.46. The highest BCUT2D eigenvalue weighted by molar-refractivity contribution is 9.10. The van der Waals surface area contributed by atoms with Crippen LogP contribution in [0.5, 0.6) is 6.01 Å². The molecule has 0 spiro atoms. The maximum atomic E-state index is 15.7. The predicted octanol–water partition coefficient (Wildman–Crippen LogP) is 6.89. The monoisotopic (exact) mass is 808 g/mol. The van der Waals surface area contributed by atoms with Gasteiger partial charge in [0.05, 0.1) is 21.6 Å². The Labute approximate surface area is 318 Å². The fourth-order valence-electron chi connectivity index (χ4n) is 8.52. The van der Waals surface area contributed by atoms with Crippen LogP contribution in [0.1, 0.15) is 92.9 Å². The number of carboxylic acid groups (broad SMARTS) is 1. The summed E-state index contributed by atoms with van der Waals surface area (Å²) < 4.78 is 27.8. The van der Waals surface area contributed by atoms with E-state index in [0.29, 0.717) is 43.7 Å². The van der Waals surface area contributed by atoms with E-state index in [1.54, 1.807) is 11.0 Å². The average molecular weight is 810 g/mol. The van der Waals surface area contributed by atoms with Crippen molar-refractivity contribution < 1.29 is 33.4 Å². The van der Waals surface area contributed by atoms with Crippen LogP contribution >= 0.6 is 27.5 Å². The number of aliphatic carboxylic acids is 1. The van der Waals surface area contributed by atoms with E-state index in [4.69, 9.17) is 26.1 Å². The third kappa shape index (κ3) is 8.08. The number of nitrogens with zero attached hydrogens (tertiary/aromatic N) is 6. The van der Waals surface area contributed by atoms with Gasteiger partial charge in [-0.05, 0) is 106 Å². The first kappa shape index (κ1) is 38.7. The van der Waals surface area contributed by atoms with Crippen LogP contribution in [0.15, 0.2) is 10.5 Å². The minimum absolute atomic E-state index is 0.0754. The Kier molecular flexibility index (Phi) is 11.2. The lowest BCUT2D eigenvalue weighted by Gasteiger charge is -2.42. The summed E-state index contributed by atoms with van der Waals surface area (Å²) in [6.07, 6.45) is 5.85. The van der Waals surface area contributed by atoms with Crippen molar-refractivity contribution in [2.24, 2.45) is 5.41 Å². The second-order valence-corrected chi connectivity index (χ2v) is 18.0. The summed E-state index contributed by atoms with van der Waals surface area (Å²) in [4.78, 5) is 55.4. The first-order valence-electron chi connectivity index (χ1n) is 18.4. The molecule has 1 aromatic carbocycles. The second-order valence-electron chi connectivity index (χ2n) is 16.8. The molecule has 12 nitrogen and oxygen atoms in total. The van der Waals surface area contributed by atoms with Crippen molar-refractivity contribution in [3.63, 3.8) is 0 Å². The lowest BCUT2D eigenvalue weighted by Crippen LogP contribution is -2.57. The zero-order valence-electron chi connectivity index (χ0n) is 31.0. The molecule has 4 fully saturated rings. The van der Waals surface area contributed by atoms with Crippen molar-refractivity contribution in [1.82, 2.24) is 24.7 Å². The Morgan fingerprint density at radius 2 is 1.77 bits per heavy atom. The van der Waals surface area contributed by atoms with Gasteiger partial charge in [-0.2, -0.15) is 9.97 Å². The van der Waals surface area contributed by atoms with Gasteiger partial charge in [-0.15, -0.1) is 0 Å². The maximum absolute atomic E-state index is 15.7. The molecule has 2 bridgehead atoms. The minimum Gasteiger partial charge on any atom is -0.480 e. The van der Waals surface area contributed by atoms with Crippen LogP contribution in [-0.4, -0.2) is 116 Å². The largest absolute Gasteiger partial charge is 0.480 e. The summed E-state index contributed by atoms with van der Waals surface area (Å²) in [5.74, 6) is -1.13. The molecule has 0 saturated carbocycles. The topological polar surface area (TPSA) is 129 Å². The van der Waals surface area contributed by atoms with E-state index in [9.17, 15) is 19.5 Å². The third-order valence-electron chi connectivity index (χ3n) is 10.8. The molecule has 0 aliphatic carbocycles. The van der Waals surface area contributed by atoms with E-state index in [1.807, 2.05) is 46.4 Å². The number of halogens is 3. The minimum atomic E-state index is -0.964. The number of hydrogen-bond donors (Lipinski definition) is 1. The van der Waals surface area contributed by atoms with E-state index in [-0.39, 0.29) is 57.2 Å². The van der Waals surface area contributed by atoms with Crippen LogP contribution in [0, 0.1) is 11.2 Å². The van der Waals surface area contributed by atoms with Crippen molar-refractivity contribution in [1.29, 1.82) is 0 Å². The predicted molar refractivity (Wildman–Crippen MR) is 199 cm³/mol. The van der Waals surface area contributed by atoms with Gasteiger partial charge in [0.2, 0.25) is 5.91 Å². The van der Waals surface area contributed by atoms with Crippen LogP contribution in [0.4, 0.5) is 15.0 Å². The van der Waals surface area contributed by atoms with E-state index in [2.05, 4.69) is 30.7 Å². The van der Waals surface area contributed by atoms with Crippen LogP contribution in [0.3, 0.4) is 0 Å². The molecule has 6 rings (SSSR count). The fourth-order valence-corrected chi connectivity index (χ4v) is 9.01. The first-order chi connectivity index (χ1) is 24.4. The number of fused-ring (bicyclic) bond motifs is 3. The maximum Gasteiger partial charge on any atom is 0.410 e. The molecule has 2 unspecified atom stereocenters. The van der Waals surface area contributed by atoms with E-state index < -0.39 is 28.8 Å². The number of amides is 2. The molecule has 4 saturated heterocycles. The van der Waals surface area contributed by atoms with Gasteiger partial charge in [-0.25, -0.2) is 14.0 Å².